The van der Waals surface area contributed by atoms with Crippen LogP contribution in [-0.2, 0) is 19.2 Å². The molecule has 2 amide bonds. The van der Waals surface area contributed by atoms with Gasteiger partial charge < -0.3 is 26.1 Å². The predicted molar refractivity (Wildman–Crippen MR) is 89.0 cm³/mol. The fourth-order valence-electron chi connectivity index (χ4n) is 2.90. The monoisotopic (exact) mass is 381 g/mol. The minimum Gasteiger partial charge on any atom is -0.477 e. The number of amides is 2. The van der Waals surface area contributed by atoms with Crippen LogP contribution in [0, 0.1) is 0 Å². The number of rotatable bonds is 5. The Morgan fingerprint density at radius 1 is 1.54 bits per heavy atom. The molecule has 11 nitrogen and oxygen atoms in total. The number of hydrogen-bond acceptors (Lipinski definition) is 9. The number of carboxylic acids is 1. The number of carbonyl (C=O) groups excluding carboxylic acids is 2. The molecule has 3 atom stereocenters. The largest absolute Gasteiger partial charge is 0.477 e. The minimum absolute atomic E-state index is 0.105. The van der Waals surface area contributed by atoms with Gasteiger partial charge in [0.1, 0.15) is 24.5 Å². The van der Waals surface area contributed by atoms with E-state index in [0.717, 1.165) is 22.3 Å². The molecular weight excluding hydrogens is 366 g/mol. The zero-order chi connectivity index (χ0) is 19.0. The predicted octanol–water partition coefficient (Wildman–Crippen LogP) is -1.50. The number of nitrogens with one attached hydrogen (secondary N) is 1. The van der Waals surface area contributed by atoms with Gasteiger partial charge >= 0.3 is 5.97 Å². The Kier molecular flexibility index (Phi) is 4.61. The van der Waals surface area contributed by atoms with Crippen LogP contribution in [-0.4, -0.2) is 68.9 Å². The first-order valence-corrected chi connectivity index (χ1v) is 8.31. The summed E-state index contributed by atoms with van der Waals surface area (Å²) < 4.78 is 0. The highest BCUT2D eigenvalue weighted by Gasteiger charge is 2.53. The van der Waals surface area contributed by atoms with Gasteiger partial charge in [0.15, 0.2) is 10.8 Å². The molecule has 0 radical (unpaired) electrons. The second-order valence-electron chi connectivity index (χ2n) is 5.58. The van der Waals surface area contributed by atoms with Crippen molar-refractivity contribution in [3.8, 4) is 0 Å². The smallest absolute Gasteiger partial charge is 0.352 e. The number of fused-ring (bicyclic) bond motifs is 1. The summed E-state index contributed by atoms with van der Waals surface area (Å²) in [5.74, 6) is -2.64. The molecule has 138 valence electrons. The first-order valence-electron chi connectivity index (χ1n) is 7.43. The number of aliphatic hydroxyl groups excluding tert-OH is 1. The molecule has 0 bridgehead atoms. The summed E-state index contributed by atoms with van der Waals surface area (Å²) in [6, 6.07) is -1.65. The van der Waals surface area contributed by atoms with Gasteiger partial charge in [0.05, 0.1) is 12.1 Å². The third kappa shape index (κ3) is 2.99. The molecule has 0 saturated carbocycles. The van der Waals surface area contributed by atoms with Crippen molar-refractivity contribution in [2.75, 3.05) is 12.8 Å². The third-order valence-electron chi connectivity index (χ3n) is 3.98. The number of anilines is 1. The lowest BCUT2D eigenvalue weighted by atomic mass is 9.85. The van der Waals surface area contributed by atoms with Gasteiger partial charge in [0.25, 0.3) is 11.8 Å². The Morgan fingerprint density at radius 2 is 2.27 bits per heavy atom. The molecule has 5 N–H and O–H groups in total. The van der Waals surface area contributed by atoms with Crippen LogP contribution in [0.15, 0.2) is 22.3 Å². The topological polar surface area (TPSA) is 167 Å². The molecule has 1 saturated heterocycles. The summed E-state index contributed by atoms with van der Waals surface area (Å²) in [5, 5.41) is 26.8. The molecule has 0 aromatic carbocycles. The fourth-order valence-corrected chi connectivity index (χ4v) is 3.44. The third-order valence-corrected chi connectivity index (χ3v) is 4.65. The molecule has 1 aromatic rings. The van der Waals surface area contributed by atoms with Gasteiger partial charge in [-0.1, -0.05) is 5.16 Å². The van der Waals surface area contributed by atoms with Crippen LogP contribution in [0.25, 0.3) is 0 Å². The Morgan fingerprint density at radius 3 is 2.85 bits per heavy atom. The number of oxime groups is 1. The first kappa shape index (κ1) is 17.8. The number of carbonyl (C=O) groups is 3. The van der Waals surface area contributed by atoms with Crippen molar-refractivity contribution in [1.82, 2.24) is 15.2 Å². The van der Waals surface area contributed by atoms with Crippen molar-refractivity contribution >= 4 is 40.0 Å². The van der Waals surface area contributed by atoms with Crippen LogP contribution >= 0.6 is 11.3 Å². The van der Waals surface area contributed by atoms with E-state index in [1.54, 1.807) is 0 Å². The number of aliphatic carboxylic acids is 1. The van der Waals surface area contributed by atoms with Crippen LogP contribution < -0.4 is 11.1 Å². The van der Waals surface area contributed by atoms with Gasteiger partial charge in [-0.3, -0.25) is 14.5 Å². The van der Waals surface area contributed by atoms with Gasteiger partial charge in [-0.15, -0.1) is 11.3 Å². The van der Waals surface area contributed by atoms with Crippen LogP contribution in [0.4, 0.5) is 5.13 Å². The highest BCUT2D eigenvalue weighted by molar-refractivity contribution is 7.13. The van der Waals surface area contributed by atoms with E-state index in [1.807, 2.05) is 0 Å². The first-order chi connectivity index (χ1) is 12.3. The van der Waals surface area contributed by atoms with Gasteiger partial charge in [0, 0.05) is 11.8 Å². The Bertz CT molecular complexity index is 834. The highest BCUT2D eigenvalue weighted by atomic mass is 32.1. The van der Waals surface area contributed by atoms with Crippen LogP contribution in [0.1, 0.15) is 12.1 Å². The van der Waals surface area contributed by atoms with E-state index >= 15 is 0 Å². The van der Waals surface area contributed by atoms with Crippen molar-refractivity contribution < 1.29 is 29.4 Å². The SMILES string of the molecule is CON=C(C(=O)N[C@@H]1C(=O)N2C(C(=O)O)=CC(O)CC12)c1csc(N)n1. The van der Waals surface area contributed by atoms with E-state index in [0.29, 0.717) is 0 Å². The molecule has 2 unspecified atom stereocenters. The molecule has 3 rings (SSSR count). The van der Waals surface area contributed by atoms with Crippen molar-refractivity contribution in [1.29, 1.82) is 0 Å². The number of hydrogen-bond donors (Lipinski definition) is 4. The Balaban J connectivity index is 1.78. The minimum atomic E-state index is -1.33. The number of β-lactam (4-membered cyclic amide) rings is 1. The summed E-state index contributed by atoms with van der Waals surface area (Å²) in [7, 11) is 1.25. The zero-order valence-corrected chi connectivity index (χ0v) is 14.3. The number of nitrogens with zero attached hydrogens (tertiary/aromatic N) is 3. The van der Waals surface area contributed by atoms with E-state index in [-0.39, 0.29) is 28.7 Å². The van der Waals surface area contributed by atoms with E-state index < -0.39 is 36.0 Å². The van der Waals surface area contributed by atoms with Crippen LogP contribution in [0.2, 0.25) is 0 Å². The number of nitrogens with two attached hydrogens (primary N) is 1. The fraction of sp³-hybridized carbons (Fsp3) is 0.357. The maximum atomic E-state index is 12.5. The van der Waals surface area contributed by atoms with Crippen molar-refractivity contribution in [2.24, 2.45) is 5.16 Å². The maximum Gasteiger partial charge on any atom is 0.352 e. The molecule has 0 aliphatic carbocycles. The van der Waals surface area contributed by atoms with Crippen LogP contribution in [0.5, 0.6) is 0 Å². The highest BCUT2D eigenvalue weighted by Crippen LogP contribution is 2.33. The number of carboxylic acid groups (broad SMARTS) is 1. The van der Waals surface area contributed by atoms with Gasteiger partial charge in [-0.2, -0.15) is 0 Å². The van der Waals surface area contributed by atoms with Crippen molar-refractivity contribution in [3.05, 3.63) is 22.8 Å². The summed E-state index contributed by atoms with van der Waals surface area (Å²) in [4.78, 5) is 45.7. The maximum absolute atomic E-state index is 12.5. The van der Waals surface area contributed by atoms with Gasteiger partial charge in [0.2, 0.25) is 0 Å². The summed E-state index contributed by atoms with van der Waals surface area (Å²) >= 11 is 1.11. The normalized spacial score (nSPS) is 25.1. The summed E-state index contributed by atoms with van der Waals surface area (Å²) in [6.07, 6.45) is 0.179. The average Bonchev–Trinajstić information content (AvgIpc) is 3.02. The molecule has 2 aliphatic heterocycles. The molecule has 12 heteroatoms. The Hall–Kier alpha value is -2.99. The lowest BCUT2D eigenvalue weighted by molar-refractivity contribution is -0.156. The quantitative estimate of drug-likeness (QED) is 0.272. The lowest BCUT2D eigenvalue weighted by Gasteiger charge is -2.49. The molecule has 1 fully saturated rings. The Labute approximate surface area is 150 Å². The van der Waals surface area contributed by atoms with Gasteiger partial charge in [-0.25, -0.2) is 9.78 Å². The van der Waals surface area contributed by atoms with Crippen molar-refractivity contribution in [3.63, 3.8) is 0 Å². The number of nitrogen functional groups attached to an aromatic ring is 1. The van der Waals surface area contributed by atoms with Crippen LogP contribution in [0.3, 0.4) is 0 Å². The molecule has 2 aliphatic rings. The van der Waals surface area contributed by atoms with E-state index in [9.17, 15) is 19.5 Å². The second-order valence-corrected chi connectivity index (χ2v) is 6.47. The molecule has 0 spiro atoms. The number of thiazole rings is 1. The second kappa shape index (κ2) is 6.72. The number of aromatic nitrogens is 1. The van der Waals surface area contributed by atoms with E-state index in [1.165, 1.54) is 12.5 Å². The molecule has 3 heterocycles. The van der Waals surface area contributed by atoms with E-state index in [2.05, 4.69) is 20.3 Å². The molecular formula is C14H15N5O6S. The standard InChI is InChI=1S/C14H15N5O6S/c1-25-18-9(6-4-26-14(15)16-6)11(21)17-10-7-2-5(20)3-8(13(23)24)19(7)12(10)22/h3-5,7,10,20H,2H2,1H3,(H2,15,16)(H,17,21)(H,23,24)/t5?,7?,10-/m0/s1. The number of aliphatic hydroxyl groups is 1. The van der Waals surface area contributed by atoms with Gasteiger partial charge in [-0.05, 0) is 6.08 Å². The molecule has 1 aromatic heterocycles. The average molecular weight is 381 g/mol. The summed E-state index contributed by atoms with van der Waals surface area (Å²) in [5.41, 5.74) is 5.26. The molecule has 26 heavy (non-hydrogen) atoms. The van der Waals surface area contributed by atoms with Crippen molar-refractivity contribution in [2.45, 2.75) is 24.6 Å². The lowest BCUT2D eigenvalue weighted by Crippen LogP contribution is -2.72. The summed E-state index contributed by atoms with van der Waals surface area (Å²) in [6.45, 7) is 0. The van der Waals surface area contributed by atoms with E-state index in [4.69, 9.17) is 10.8 Å². The zero-order valence-electron chi connectivity index (χ0n) is 13.4.